The SMILES string of the molecule is Cc1cccc(N)c1S(=O)(=O)NCCSC(F)(F)F. The zero-order chi connectivity index (χ0) is 14.7. The molecule has 0 fully saturated rings. The monoisotopic (exact) mass is 314 g/mol. The molecule has 0 saturated carbocycles. The van der Waals surface area contributed by atoms with Gasteiger partial charge < -0.3 is 5.73 Å². The smallest absolute Gasteiger partial charge is 0.398 e. The molecule has 0 atom stereocenters. The van der Waals surface area contributed by atoms with Gasteiger partial charge in [-0.25, -0.2) is 13.1 Å². The maximum atomic E-state index is 11.9. The molecule has 0 bridgehead atoms. The number of anilines is 1. The number of nitrogens with two attached hydrogens (primary N) is 1. The van der Waals surface area contributed by atoms with Crippen LogP contribution in [0.5, 0.6) is 0 Å². The minimum atomic E-state index is -4.37. The van der Waals surface area contributed by atoms with Crippen molar-refractivity contribution < 1.29 is 21.6 Å². The van der Waals surface area contributed by atoms with Crippen LogP contribution in [0.25, 0.3) is 0 Å². The van der Waals surface area contributed by atoms with E-state index in [1.807, 2.05) is 0 Å². The van der Waals surface area contributed by atoms with Gasteiger partial charge in [-0.1, -0.05) is 12.1 Å². The van der Waals surface area contributed by atoms with Crippen molar-refractivity contribution >= 4 is 27.5 Å². The maximum absolute atomic E-state index is 11.9. The lowest BCUT2D eigenvalue weighted by Crippen LogP contribution is -2.28. The zero-order valence-corrected chi connectivity index (χ0v) is 11.6. The molecule has 0 aliphatic heterocycles. The molecule has 0 saturated heterocycles. The van der Waals surface area contributed by atoms with Crippen molar-refractivity contribution in [3.8, 4) is 0 Å². The van der Waals surface area contributed by atoms with Crippen LogP contribution in [0, 0.1) is 6.92 Å². The summed E-state index contributed by atoms with van der Waals surface area (Å²) in [7, 11) is -3.90. The highest BCUT2D eigenvalue weighted by atomic mass is 32.2. The number of nitrogen functional groups attached to an aromatic ring is 1. The molecule has 0 radical (unpaired) electrons. The summed E-state index contributed by atoms with van der Waals surface area (Å²) in [5, 5.41) is 0. The number of benzene rings is 1. The zero-order valence-electron chi connectivity index (χ0n) is 9.99. The molecular formula is C10H13F3N2O2S2. The van der Waals surface area contributed by atoms with E-state index >= 15 is 0 Å². The largest absolute Gasteiger partial charge is 0.441 e. The Kier molecular flexibility index (Phi) is 5.11. The van der Waals surface area contributed by atoms with Crippen molar-refractivity contribution in [2.75, 3.05) is 18.0 Å². The van der Waals surface area contributed by atoms with Gasteiger partial charge in [0.05, 0.1) is 5.69 Å². The molecule has 19 heavy (non-hydrogen) atoms. The second-order valence-electron chi connectivity index (χ2n) is 3.69. The summed E-state index contributed by atoms with van der Waals surface area (Å²) in [5.74, 6) is -0.394. The van der Waals surface area contributed by atoms with Crippen molar-refractivity contribution in [1.82, 2.24) is 4.72 Å². The Morgan fingerprint density at radius 2 is 2.00 bits per heavy atom. The second-order valence-corrected chi connectivity index (χ2v) is 6.55. The Morgan fingerprint density at radius 3 is 2.53 bits per heavy atom. The van der Waals surface area contributed by atoms with E-state index < -0.39 is 21.3 Å². The quantitative estimate of drug-likeness (QED) is 0.645. The number of aryl methyl sites for hydroxylation is 1. The van der Waals surface area contributed by atoms with Gasteiger partial charge in [-0.2, -0.15) is 13.2 Å². The van der Waals surface area contributed by atoms with Crippen LogP contribution in [0.4, 0.5) is 18.9 Å². The highest BCUT2D eigenvalue weighted by Crippen LogP contribution is 2.29. The van der Waals surface area contributed by atoms with E-state index in [1.54, 1.807) is 19.1 Å². The van der Waals surface area contributed by atoms with Gasteiger partial charge >= 0.3 is 5.51 Å². The lowest BCUT2D eigenvalue weighted by atomic mass is 10.2. The molecule has 0 aliphatic carbocycles. The average Bonchev–Trinajstić information content (AvgIpc) is 2.22. The fourth-order valence-electron chi connectivity index (χ4n) is 1.46. The van der Waals surface area contributed by atoms with E-state index in [0.29, 0.717) is 5.56 Å². The first-order chi connectivity index (χ1) is 8.63. The van der Waals surface area contributed by atoms with Crippen LogP contribution in [-0.2, 0) is 10.0 Å². The number of hydrogen-bond acceptors (Lipinski definition) is 4. The van der Waals surface area contributed by atoms with Gasteiger partial charge in [-0.15, -0.1) is 0 Å². The third-order valence-corrected chi connectivity index (χ3v) is 4.59. The predicted molar refractivity (Wildman–Crippen MR) is 69.3 cm³/mol. The van der Waals surface area contributed by atoms with E-state index in [2.05, 4.69) is 4.72 Å². The van der Waals surface area contributed by atoms with Crippen molar-refractivity contribution in [3.05, 3.63) is 23.8 Å². The van der Waals surface area contributed by atoms with Crippen molar-refractivity contribution in [2.45, 2.75) is 17.3 Å². The van der Waals surface area contributed by atoms with E-state index in [9.17, 15) is 21.6 Å². The minimum absolute atomic E-state index is 0.0657. The van der Waals surface area contributed by atoms with Gasteiger partial charge in [-0.3, -0.25) is 0 Å². The first-order valence-corrected chi connectivity index (χ1v) is 7.66. The molecule has 0 aliphatic rings. The fourth-order valence-corrected chi connectivity index (χ4v) is 3.41. The lowest BCUT2D eigenvalue weighted by molar-refractivity contribution is -0.0327. The van der Waals surface area contributed by atoms with E-state index in [1.165, 1.54) is 6.07 Å². The number of hydrogen-bond donors (Lipinski definition) is 2. The van der Waals surface area contributed by atoms with E-state index in [-0.39, 0.29) is 28.9 Å². The summed E-state index contributed by atoms with van der Waals surface area (Å²) in [4.78, 5) is -0.0907. The summed E-state index contributed by atoms with van der Waals surface area (Å²) >= 11 is -0.280. The first kappa shape index (κ1) is 16.1. The number of rotatable bonds is 5. The van der Waals surface area contributed by atoms with Gasteiger partial charge in [0.15, 0.2) is 0 Å². The second kappa shape index (κ2) is 6.02. The molecule has 1 rings (SSSR count). The lowest BCUT2D eigenvalue weighted by Gasteiger charge is -2.11. The van der Waals surface area contributed by atoms with Crippen LogP contribution in [0.1, 0.15) is 5.56 Å². The number of sulfonamides is 1. The fraction of sp³-hybridized carbons (Fsp3) is 0.400. The minimum Gasteiger partial charge on any atom is -0.398 e. The van der Waals surface area contributed by atoms with Crippen LogP contribution >= 0.6 is 11.8 Å². The Balaban J connectivity index is 2.72. The molecule has 0 aromatic heterocycles. The van der Waals surface area contributed by atoms with Gasteiger partial charge in [0, 0.05) is 12.3 Å². The van der Waals surface area contributed by atoms with Gasteiger partial charge in [0.25, 0.3) is 0 Å². The molecule has 4 nitrogen and oxygen atoms in total. The van der Waals surface area contributed by atoms with Crippen molar-refractivity contribution in [1.29, 1.82) is 0 Å². The van der Waals surface area contributed by atoms with Crippen LogP contribution in [0.3, 0.4) is 0 Å². The summed E-state index contributed by atoms with van der Waals surface area (Å²) in [6.45, 7) is 1.25. The normalized spacial score (nSPS) is 12.6. The number of alkyl halides is 3. The molecule has 0 heterocycles. The van der Waals surface area contributed by atoms with Gasteiger partial charge in [0.2, 0.25) is 10.0 Å². The first-order valence-electron chi connectivity index (χ1n) is 5.19. The van der Waals surface area contributed by atoms with E-state index in [4.69, 9.17) is 5.73 Å². The third kappa shape index (κ3) is 4.92. The summed E-state index contributed by atoms with van der Waals surface area (Å²) < 4.78 is 61.6. The number of nitrogens with one attached hydrogen (secondary N) is 1. The van der Waals surface area contributed by atoms with Crippen molar-refractivity contribution in [3.63, 3.8) is 0 Å². The Hall–Kier alpha value is -0.930. The van der Waals surface area contributed by atoms with Crippen LogP contribution in [0.15, 0.2) is 23.1 Å². The van der Waals surface area contributed by atoms with Crippen LogP contribution in [0.2, 0.25) is 0 Å². The van der Waals surface area contributed by atoms with Crippen LogP contribution in [-0.4, -0.2) is 26.2 Å². The molecule has 0 amide bonds. The molecule has 0 spiro atoms. The topological polar surface area (TPSA) is 72.2 Å². The molecule has 108 valence electrons. The standard InChI is InChI=1S/C10H13F3N2O2S2/c1-7-3-2-4-8(14)9(7)19(16,17)15-5-6-18-10(11,12)13/h2-4,15H,5-6,14H2,1H3. The number of halogens is 3. The summed E-state index contributed by atoms with van der Waals surface area (Å²) in [6.07, 6.45) is 0. The Labute approximate surface area is 113 Å². The highest BCUT2D eigenvalue weighted by Gasteiger charge is 2.28. The molecule has 0 unspecified atom stereocenters. The average molecular weight is 314 g/mol. The Morgan fingerprint density at radius 1 is 1.37 bits per heavy atom. The summed E-state index contributed by atoms with van der Waals surface area (Å²) in [5.41, 5.74) is 1.72. The van der Waals surface area contributed by atoms with Gasteiger partial charge in [-0.05, 0) is 30.3 Å². The molecular weight excluding hydrogens is 301 g/mol. The Bertz CT molecular complexity index is 524. The molecule has 9 heteroatoms. The van der Waals surface area contributed by atoms with Crippen LogP contribution < -0.4 is 10.5 Å². The van der Waals surface area contributed by atoms with E-state index in [0.717, 1.165) is 0 Å². The maximum Gasteiger partial charge on any atom is 0.441 e. The molecule has 1 aromatic carbocycles. The highest BCUT2D eigenvalue weighted by molar-refractivity contribution is 8.00. The predicted octanol–water partition coefficient (Wildman–Crippen LogP) is 2.11. The number of thioether (sulfide) groups is 1. The molecule has 1 aromatic rings. The van der Waals surface area contributed by atoms with Crippen molar-refractivity contribution in [2.24, 2.45) is 0 Å². The summed E-state index contributed by atoms with van der Waals surface area (Å²) in [6, 6.07) is 4.59. The van der Waals surface area contributed by atoms with Gasteiger partial charge in [0.1, 0.15) is 4.90 Å². The molecule has 3 N–H and O–H groups in total. The third-order valence-electron chi connectivity index (χ3n) is 2.17.